The molecule has 0 aromatic carbocycles. The second kappa shape index (κ2) is 7.27. The number of hydrogen-bond acceptors (Lipinski definition) is 7. The Morgan fingerprint density at radius 1 is 1.24 bits per heavy atom. The monoisotopic (exact) mass is 338 g/mol. The Labute approximate surface area is 146 Å². The van der Waals surface area contributed by atoms with Crippen molar-refractivity contribution in [1.29, 1.82) is 0 Å². The molecular weight excluding hydrogens is 316 g/mol. The molecule has 0 bridgehead atoms. The molecule has 0 saturated carbocycles. The zero-order valence-electron chi connectivity index (χ0n) is 14.6. The molecule has 3 rings (SSSR count). The van der Waals surface area contributed by atoms with Crippen molar-refractivity contribution >= 4 is 11.6 Å². The third kappa shape index (κ3) is 3.92. The third-order valence-electron chi connectivity index (χ3n) is 3.92. The average molecular weight is 338 g/mol. The first-order chi connectivity index (χ1) is 12.0. The molecule has 1 atom stereocenters. The van der Waals surface area contributed by atoms with E-state index in [0.29, 0.717) is 18.2 Å². The fraction of sp³-hybridized carbons (Fsp3) is 0.294. The van der Waals surface area contributed by atoms with Crippen LogP contribution in [0.25, 0.3) is 11.3 Å². The predicted octanol–water partition coefficient (Wildman–Crippen LogP) is 1.57. The van der Waals surface area contributed by atoms with Crippen LogP contribution < -0.4 is 11.1 Å². The molecular formula is C17H22N8. The summed E-state index contributed by atoms with van der Waals surface area (Å²) < 4.78 is 1.73. The van der Waals surface area contributed by atoms with Crippen LogP contribution in [0.4, 0.5) is 11.6 Å². The maximum atomic E-state index is 5.99. The molecule has 3 aromatic rings. The van der Waals surface area contributed by atoms with Crippen molar-refractivity contribution in [3.8, 4) is 11.3 Å². The van der Waals surface area contributed by atoms with E-state index in [-0.39, 0.29) is 6.04 Å². The summed E-state index contributed by atoms with van der Waals surface area (Å²) in [6.07, 6.45) is 7.09. The van der Waals surface area contributed by atoms with Gasteiger partial charge in [-0.05, 0) is 26.2 Å². The first-order valence-electron chi connectivity index (χ1n) is 7.97. The van der Waals surface area contributed by atoms with Gasteiger partial charge in [-0.25, -0.2) is 9.97 Å². The molecule has 3 aromatic heterocycles. The van der Waals surface area contributed by atoms with Crippen molar-refractivity contribution < 1.29 is 0 Å². The fourth-order valence-electron chi connectivity index (χ4n) is 2.54. The Kier molecular flexibility index (Phi) is 4.90. The zero-order chi connectivity index (χ0) is 17.8. The molecule has 130 valence electrons. The second-order valence-corrected chi connectivity index (χ2v) is 6.01. The SMILES string of the molecule is CN(C)C(CNc1nc(-c2cnn(C)c2)cnc1N)c1ccccn1. The Bertz CT molecular complexity index is 828. The quantitative estimate of drug-likeness (QED) is 0.704. The highest BCUT2D eigenvalue weighted by atomic mass is 15.2. The maximum Gasteiger partial charge on any atom is 0.169 e. The van der Waals surface area contributed by atoms with Gasteiger partial charge in [0.2, 0.25) is 0 Å². The van der Waals surface area contributed by atoms with Gasteiger partial charge in [0, 0.05) is 31.5 Å². The molecule has 0 radical (unpaired) electrons. The number of nitrogens with one attached hydrogen (secondary N) is 1. The molecule has 3 heterocycles. The molecule has 0 aliphatic rings. The van der Waals surface area contributed by atoms with Crippen molar-refractivity contribution in [2.75, 3.05) is 31.7 Å². The number of nitrogen functional groups attached to an aromatic ring is 1. The van der Waals surface area contributed by atoms with E-state index >= 15 is 0 Å². The molecule has 0 spiro atoms. The van der Waals surface area contributed by atoms with Crippen LogP contribution in [0.15, 0.2) is 43.0 Å². The van der Waals surface area contributed by atoms with E-state index in [0.717, 1.165) is 17.0 Å². The molecule has 25 heavy (non-hydrogen) atoms. The van der Waals surface area contributed by atoms with Gasteiger partial charge in [0.05, 0.1) is 29.8 Å². The van der Waals surface area contributed by atoms with E-state index in [2.05, 4.69) is 30.3 Å². The first-order valence-corrected chi connectivity index (χ1v) is 7.97. The number of aryl methyl sites for hydroxylation is 1. The number of likely N-dealkylation sites (N-methyl/N-ethyl adjacent to an activating group) is 1. The smallest absolute Gasteiger partial charge is 0.169 e. The Balaban J connectivity index is 1.80. The molecule has 0 aliphatic carbocycles. The van der Waals surface area contributed by atoms with Crippen molar-refractivity contribution in [3.05, 3.63) is 48.7 Å². The number of rotatable bonds is 6. The van der Waals surface area contributed by atoms with Gasteiger partial charge in [0.25, 0.3) is 0 Å². The van der Waals surface area contributed by atoms with Crippen molar-refractivity contribution in [2.45, 2.75) is 6.04 Å². The minimum absolute atomic E-state index is 0.0875. The summed E-state index contributed by atoms with van der Waals surface area (Å²) in [6, 6.07) is 5.98. The lowest BCUT2D eigenvalue weighted by Crippen LogP contribution is -2.28. The lowest BCUT2D eigenvalue weighted by atomic mass is 10.1. The van der Waals surface area contributed by atoms with E-state index in [1.165, 1.54) is 0 Å². The van der Waals surface area contributed by atoms with Gasteiger partial charge in [-0.1, -0.05) is 6.07 Å². The Morgan fingerprint density at radius 2 is 2.08 bits per heavy atom. The maximum absolute atomic E-state index is 5.99. The summed E-state index contributed by atoms with van der Waals surface area (Å²) in [5.41, 5.74) is 8.59. The predicted molar refractivity (Wildman–Crippen MR) is 97.8 cm³/mol. The number of aromatic nitrogens is 5. The van der Waals surface area contributed by atoms with Crippen LogP contribution in [0.5, 0.6) is 0 Å². The summed E-state index contributed by atoms with van der Waals surface area (Å²) in [6.45, 7) is 0.611. The van der Waals surface area contributed by atoms with Gasteiger partial charge in [0.1, 0.15) is 0 Å². The largest absolute Gasteiger partial charge is 0.381 e. The highest BCUT2D eigenvalue weighted by Gasteiger charge is 2.16. The molecule has 0 aliphatic heterocycles. The van der Waals surface area contributed by atoms with Gasteiger partial charge < -0.3 is 11.1 Å². The van der Waals surface area contributed by atoms with E-state index in [4.69, 9.17) is 5.73 Å². The van der Waals surface area contributed by atoms with Gasteiger partial charge in [-0.2, -0.15) is 5.10 Å². The van der Waals surface area contributed by atoms with Crippen molar-refractivity contribution in [3.63, 3.8) is 0 Å². The fourth-order valence-corrected chi connectivity index (χ4v) is 2.54. The van der Waals surface area contributed by atoms with Crippen LogP contribution >= 0.6 is 0 Å². The molecule has 3 N–H and O–H groups in total. The lowest BCUT2D eigenvalue weighted by molar-refractivity contribution is 0.306. The molecule has 8 heteroatoms. The van der Waals surface area contributed by atoms with Gasteiger partial charge in [-0.3, -0.25) is 14.6 Å². The normalized spacial score (nSPS) is 12.3. The zero-order valence-corrected chi connectivity index (χ0v) is 14.6. The number of anilines is 2. The van der Waals surface area contributed by atoms with Crippen molar-refractivity contribution in [2.24, 2.45) is 7.05 Å². The second-order valence-electron chi connectivity index (χ2n) is 6.01. The number of nitrogens with two attached hydrogens (primary N) is 1. The number of pyridine rings is 1. The molecule has 0 fully saturated rings. The average Bonchev–Trinajstić information content (AvgIpc) is 3.04. The summed E-state index contributed by atoms with van der Waals surface area (Å²) in [4.78, 5) is 15.4. The Morgan fingerprint density at radius 3 is 2.72 bits per heavy atom. The van der Waals surface area contributed by atoms with Gasteiger partial charge in [0.15, 0.2) is 11.6 Å². The van der Waals surface area contributed by atoms with Crippen LogP contribution in [-0.2, 0) is 7.05 Å². The Hall–Kier alpha value is -3.00. The van der Waals surface area contributed by atoms with Gasteiger partial charge >= 0.3 is 0 Å². The van der Waals surface area contributed by atoms with Crippen LogP contribution in [0.1, 0.15) is 11.7 Å². The summed E-state index contributed by atoms with van der Waals surface area (Å²) >= 11 is 0. The minimum Gasteiger partial charge on any atom is -0.381 e. The minimum atomic E-state index is 0.0875. The van der Waals surface area contributed by atoms with Crippen LogP contribution in [0, 0.1) is 0 Å². The van der Waals surface area contributed by atoms with E-state index in [9.17, 15) is 0 Å². The summed E-state index contributed by atoms with van der Waals surface area (Å²) in [5.74, 6) is 0.926. The highest BCUT2D eigenvalue weighted by Crippen LogP contribution is 2.22. The van der Waals surface area contributed by atoms with Crippen molar-refractivity contribution in [1.82, 2.24) is 29.6 Å². The van der Waals surface area contributed by atoms with Crippen LogP contribution in [0.2, 0.25) is 0 Å². The first kappa shape index (κ1) is 16.8. The highest BCUT2D eigenvalue weighted by molar-refractivity contribution is 5.64. The summed E-state index contributed by atoms with van der Waals surface area (Å²) in [7, 11) is 5.90. The van der Waals surface area contributed by atoms with E-state index in [1.807, 2.05) is 45.5 Å². The van der Waals surface area contributed by atoms with Gasteiger partial charge in [-0.15, -0.1) is 0 Å². The lowest BCUT2D eigenvalue weighted by Gasteiger charge is -2.24. The molecule has 8 nitrogen and oxygen atoms in total. The molecule has 1 unspecified atom stereocenters. The van der Waals surface area contributed by atoms with E-state index < -0.39 is 0 Å². The summed E-state index contributed by atoms with van der Waals surface area (Å²) in [5, 5.41) is 7.47. The van der Waals surface area contributed by atoms with E-state index in [1.54, 1.807) is 23.3 Å². The standard InChI is InChI=1S/C17H22N8/c1-24(2)15(13-6-4-5-7-19-13)10-21-17-16(18)20-9-14(23-17)12-8-22-25(3)11-12/h4-9,11,15H,10H2,1-3H3,(H2,18,20)(H,21,23). The number of hydrogen-bond donors (Lipinski definition) is 2. The molecule has 0 amide bonds. The number of nitrogens with zero attached hydrogens (tertiary/aromatic N) is 6. The molecule has 0 saturated heterocycles. The third-order valence-corrected chi connectivity index (χ3v) is 3.92. The van der Waals surface area contributed by atoms with Crippen LogP contribution in [0.3, 0.4) is 0 Å². The topological polar surface area (TPSA) is 97.8 Å². The van der Waals surface area contributed by atoms with Crippen LogP contribution in [-0.4, -0.2) is 50.3 Å².